The molecule has 0 aliphatic rings. The van der Waals surface area contributed by atoms with Gasteiger partial charge in [-0.2, -0.15) is 0 Å². The lowest BCUT2D eigenvalue weighted by Gasteiger charge is -2.09. The van der Waals surface area contributed by atoms with Gasteiger partial charge in [-0.3, -0.25) is 4.98 Å². The molecule has 1 N–H and O–H groups in total. The molecular formula is C17H16N2O. The maximum atomic E-state index is 5.94. The predicted molar refractivity (Wildman–Crippen MR) is 81.0 cm³/mol. The second-order valence-electron chi connectivity index (χ2n) is 4.59. The fourth-order valence-electron chi connectivity index (χ4n) is 2.17. The van der Waals surface area contributed by atoms with Gasteiger partial charge in [0.15, 0.2) is 0 Å². The van der Waals surface area contributed by atoms with E-state index in [2.05, 4.69) is 28.5 Å². The smallest absolute Gasteiger partial charge is 0.145 e. The summed E-state index contributed by atoms with van der Waals surface area (Å²) in [5, 5.41) is 5.35. The number of aromatic nitrogens is 1. The summed E-state index contributed by atoms with van der Waals surface area (Å²) in [6, 6.07) is 18.2. The molecule has 0 unspecified atom stereocenters. The standard InChI is InChI=1S/C17H16N2O/c1-18-11-14-9-10-15(12-19-14)20-17-8-4-6-13-5-2-3-7-16(13)17/h2-10,12,18H,11H2,1H3. The van der Waals surface area contributed by atoms with Crippen LogP contribution in [0.2, 0.25) is 0 Å². The van der Waals surface area contributed by atoms with Crippen LogP contribution in [0.3, 0.4) is 0 Å². The first kappa shape index (κ1) is 12.6. The van der Waals surface area contributed by atoms with E-state index in [-0.39, 0.29) is 0 Å². The minimum absolute atomic E-state index is 0.751. The Morgan fingerprint density at radius 2 is 1.85 bits per heavy atom. The fourth-order valence-corrected chi connectivity index (χ4v) is 2.17. The molecule has 0 saturated carbocycles. The summed E-state index contributed by atoms with van der Waals surface area (Å²) in [6.07, 6.45) is 1.76. The lowest BCUT2D eigenvalue weighted by Crippen LogP contribution is -2.06. The second-order valence-corrected chi connectivity index (χ2v) is 4.59. The molecule has 3 rings (SSSR count). The maximum Gasteiger partial charge on any atom is 0.145 e. The summed E-state index contributed by atoms with van der Waals surface area (Å²) >= 11 is 0. The summed E-state index contributed by atoms with van der Waals surface area (Å²) < 4.78 is 5.94. The molecule has 1 heterocycles. The van der Waals surface area contributed by atoms with Crippen LogP contribution >= 0.6 is 0 Å². The Kier molecular flexibility index (Phi) is 3.61. The van der Waals surface area contributed by atoms with Crippen molar-refractivity contribution in [3.63, 3.8) is 0 Å². The molecule has 20 heavy (non-hydrogen) atoms. The SMILES string of the molecule is CNCc1ccc(Oc2cccc3ccccc23)cn1. The van der Waals surface area contributed by atoms with Crippen LogP contribution < -0.4 is 10.1 Å². The van der Waals surface area contributed by atoms with Crippen LogP contribution in [0, 0.1) is 0 Å². The van der Waals surface area contributed by atoms with E-state index >= 15 is 0 Å². The minimum Gasteiger partial charge on any atom is -0.455 e. The van der Waals surface area contributed by atoms with Crippen molar-refractivity contribution in [2.24, 2.45) is 0 Å². The van der Waals surface area contributed by atoms with Gasteiger partial charge < -0.3 is 10.1 Å². The van der Waals surface area contributed by atoms with Crippen molar-refractivity contribution < 1.29 is 4.74 Å². The summed E-state index contributed by atoms with van der Waals surface area (Å²) in [7, 11) is 1.90. The fraction of sp³-hybridized carbons (Fsp3) is 0.118. The number of ether oxygens (including phenoxy) is 1. The zero-order valence-electron chi connectivity index (χ0n) is 11.3. The van der Waals surface area contributed by atoms with E-state index in [4.69, 9.17) is 4.74 Å². The van der Waals surface area contributed by atoms with Crippen molar-refractivity contribution in [3.8, 4) is 11.5 Å². The van der Waals surface area contributed by atoms with Gasteiger partial charge in [0.1, 0.15) is 11.5 Å². The lowest BCUT2D eigenvalue weighted by atomic mass is 10.1. The Balaban J connectivity index is 1.89. The molecule has 0 aliphatic heterocycles. The number of benzene rings is 2. The molecule has 0 atom stereocenters. The highest BCUT2D eigenvalue weighted by molar-refractivity contribution is 5.88. The lowest BCUT2D eigenvalue weighted by molar-refractivity contribution is 0.485. The van der Waals surface area contributed by atoms with Gasteiger partial charge >= 0.3 is 0 Å². The number of hydrogen-bond acceptors (Lipinski definition) is 3. The highest BCUT2D eigenvalue weighted by atomic mass is 16.5. The Morgan fingerprint density at radius 1 is 1.00 bits per heavy atom. The van der Waals surface area contributed by atoms with Crippen molar-refractivity contribution in [1.29, 1.82) is 0 Å². The molecule has 1 aromatic heterocycles. The van der Waals surface area contributed by atoms with Crippen molar-refractivity contribution >= 4 is 10.8 Å². The molecule has 3 heteroatoms. The number of nitrogens with one attached hydrogen (secondary N) is 1. The molecule has 0 fully saturated rings. The van der Waals surface area contributed by atoms with Gasteiger partial charge in [0.2, 0.25) is 0 Å². The number of fused-ring (bicyclic) bond motifs is 1. The second kappa shape index (κ2) is 5.72. The first-order valence-corrected chi connectivity index (χ1v) is 6.62. The molecule has 2 aromatic carbocycles. The molecule has 0 spiro atoms. The zero-order chi connectivity index (χ0) is 13.8. The summed E-state index contributed by atoms with van der Waals surface area (Å²) in [4.78, 5) is 4.36. The zero-order valence-corrected chi connectivity index (χ0v) is 11.3. The Labute approximate surface area is 118 Å². The van der Waals surface area contributed by atoms with Crippen molar-refractivity contribution in [3.05, 3.63) is 66.5 Å². The van der Waals surface area contributed by atoms with E-state index in [0.29, 0.717) is 0 Å². The van der Waals surface area contributed by atoms with E-state index < -0.39 is 0 Å². The van der Waals surface area contributed by atoms with Crippen molar-refractivity contribution in [2.45, 2.75) is 6.54 Å². The van der Waals surface area contributed by atoms with Crippen molar-refractivity contribution in [2.75, 3.05) is 7.05 Å². The third kappa shape index (κ3) is 2.63. The van der Waals surface area contributed by atoms with Crippen LogP contribution in [-0.4, -0.2) is 12.0 Å². The van der Waals surface area contributed by atoms with Crippen LogP contribution in [-0.2, 0) is 6.54 Å². The maximum absolute atomic E-state index is 5.94. The quantitative estimate of drug-likeness (QED) is 0.779. The highest BCUT2D eigenvalue weighted by Crippen LogP contribution is 2.29. The third-order valence-electron chi connectivity index (χ3n) is 3.13. The van der Waals surface area contributed by atoms with Crippen LogP contribution in [0.1, 0.15) is 5.69 Å². The third-order valence-corrected chi connectivity index (χ3v) is 3.13. The first-order chi connectivity index (χ1) is 9.86. The molecule has 3 nitrogen and oxygen atoms in total. The molecule has 0 amide bonds. The first-order valence-electron chi connectivity index (χ1n) is 6.62. The van der Waals surface area contributed by atoms with Gasteiger partial charge in [-0.15, -0.1) is 0 Å². The summed E-state index contributed by atoms with van der Waals surface area (Å²) in [5.74, 6) is 1.60. The van der Waals surface area contributed by atoms with Gasteiger partial charge in [-0.05, 0) is 30.6 Å². The Hall–Kier alpha value is -2.39. The Bertz CT molecular complexity index is 702. The van der Waals surface area contributed by atoms with Crippen LogP contribution in [0.25, 0.3) is 10.8 Å². The monoisotopic (exact) mass is 264 g/mol. The molecule has 3 aromatic rings. The van der Waals surface area contributed by atoms with Crippen LogP contribution in [0.5, 0.6) is 11.5 Å². The number of hydrogen-bond donors (Lipinski definition) is 1. The van der Waals surface area contributed by atoms with E-state index in [9.17, 15) is 0 Å². The van der Waals surface area contributed by atoms with Crippen LogP contribution in [0.15, 0.2) is 60.8 Å². The molecule has 0 bridgehead atoms. The van der Waals surface area contributed by atoms with E-state index in [1.165, 1.54) is 5.39 Å². The van der Waals surface area contributed by atoms with Crippen molar-refractivity contribution in [1.82, 2.24) is 10.3 Å². The Morgan fingerprint density at radius 3 is 2.65 bits per heavy atom. The molecule has 100 valence electrons. The van der Waals surface area contributed by atoms with Crippen LogP contribution in [0.4, 0.5) is 0 Å². The predicted octanol–water partition coefficient (Wildman–Crippen LogP) is 3.75. The summed E-state index contributed by atoms with van der Waals surface area (Å²) in [6.45, 7) is 0.758. The van der Waals surface area contributed by atoms with E-state index in [0.717, 1.165) is 29.1 Å². The van der Waals surface area contributed by atoms with E-state index in [1.54, 1.807) is 6.20 Å². The number of pyridine rings is 1. The average molecular weight is 264 g/mol. The summed E-state index contributed by atoms with van der Waals surface area (Å²) in [5.41, 5.74) is 0.998. The average Bonchev–Trinajstić information content (AvgIpc) is 2.50. The van der Waals surface area contributed by atoms with Gasteiger partial charge in [0.25, 0.3) is 0 Å². The van der Waals surface area contributed by atoms with Gasteiger partial charge in [-0.1, -0.05) is 36.4 Å². The molecule has 0 saturated heterocycles. The van der Waals surface area contributed by atoms with E-state index in [1.807, 2.05) is 43.4 Å². The normalized spacial score (nSPS) is 10.7. The topological polar surface area (TPSA) is 34.1 Å². The van der Waals surface area contributed by atoms with Gasteiger partial charge in [0.05, 0.1) is 11.9 Å². The number of rotatable bonds is 4. The largest absolute Gasteiger partial charge is 0.455 e. The molecule has 0 radical (unpaired) electrons. The highest BCUT2D eigenvalue weighted by Gasteiger charge is 2.03. The minimum atomic E-state index is 0.751. The molecular weight excluding hydrogens is 248 g/mol. The molecule has 0 aliphatic carbocycles. The number of nitrogens with zero attached hydrogens (tertiary/aromatic N) is 1. The van der Waals surface area contributed by atoms with Gasteiger partial charge in [0, 0.05) is 11.9 Å². The van der Waals surface area contributed by atoms with Gasteiger partial charge in [-0.25, -0.2) is 0 Å².